The van der Waals surface area contributed by atoms with Gasteiger partial charge in [-0.05, 0) is 57.6 Å². The largest absolute Gasteiger partial charge is 0.488 e. The highest BCUT2D eigenvalue weighted by molar-refractivity contribution is 7.89. The summed E-state index contributed by atoms with van der Waals surface area (Å²) in [4.78, 5) is 22.9. The number of carbonyl (C=O) groups excluding carboxylic acids is 1. The number of carboxylic acids is 1. The van der Waals surface area contributed by atoms with Crippen LogP contribution in [0.5, 0.6) is 0 Å². The Kier molecular flexibility index (Phi) is 9.08. The molecule has 1 atom stereocenters. The molecule has 1 rings (SSSR count). The first-order valence-electron chi connectivity index (χ1n) is 9.00. The van der Waals surface area contributed by atoms with Gasteiger partial charge in [-0.25, -0.2) is 22.7 Å². The molecule has 1 aromatic rings. The maximum absolute atomic E-state index is 12.2. The van der Waals surface area contributed by atoms with Gasteiger partial charge < -0.3 is 25.2 Å². The highest BCUT2D eigenvalue weighted by Gasteiger charge is 2.23. The lowest BCUT2D eigenvalue weighted by Gasteiger charge is -2.22. The zero-order valence-electron chi connectivity index (χ0n) is 16.6. The minimum atomic E-state index is -3.78. The molecule has 0 fully saturated rings. The smallest absolute Gasteiger partial charge is 0.480 e. The summed E-state index contributed by atoms with van der Waals surface area (Å²) in [7, 11) is -5.46. The minimum absolute atomic E-state index is 0.0306. The third kappa shape index (κ3) is 9.26. The summed E-state index contributed by atoms with van der Waals surface area (Å²) in [5, 5.41) is 29.5. The SMILES string of the molecule is CC(C)(C)OC(=O)NC(CCCCNS(=O)(=O)c1ccc(B(O)O)cc1)C(=O)O. The molecule has 0 aliphatic heterocycles. The average molecular weight is 430 g/mol. The first-order chi connectivity index (χ1) is 13.3. The first-order valence-corrected chi connectivity index (χ1v) is 10.5. The van der Waals surface area contributed by atoms with Crippen LogP contribution in [0.4, 0.5) is 4.79 Å². The Balaban J connectivity index is 2.47. The van der Waals surface area contributed by atoms with Gasteiger partial charge in [-0.15, -0.1) is 0 Å². The van der Waals surface area contributed by atoms with Gasteiger partial charge in [-0.1, -0.05) is 12.1 Å². The third-order valence-electron chi connectivity index (χ3n) is 3.69. The molecule has 0 saturated heterocycles. The second kappa shape index (κ2) is 10.6. The van der Waals surface area contributed by atoms with Crippen molar-refractivity contribution in [1.29, 1.82) is 0 Å². The molecule has 5 N–H and O–H groups in total. The van der Waals surface area contributed by atoms with Gasteiger partial charge in [-0.3, -0.25) is 0 Å². The fourth-order valence-electron chi connectivity index (χ4n) is 2.29. The summed E-state index contributed by atoms with van der Waals surface area (Å²) in [6.07, 6.45) is -0.0152. The van der Waals surface area contributed by atoms with Gasteiger partial charge in [0.1, 0.15) is 11.6 Å². The number of aliphatic carboxylic acids is 1. The molecule has 0 radical (unpaired) electrons. The van der Waals surface area contributed by atoms with E-state index >= 15 is 0 Å². The van der Waals surface area contributed by atoms with Crippen molar-refractivity contribution >= 4 is 34.7 Å². The van der Waals surface area contributed by atoms with Gasteiger partial charge in [0, 0.05) is 6.54 Å². The maximum atomic E-state index is 12.2. The van der Waals surface area contributed by atoms with Crippen LogP contribution < -0.4 is 15.5 Å². The highest BCUT2D eigenvalue weighted by Crippen LogP contribution is 2.09. The van der Waals surface area contributed by atoms with Crippen molar-refractivity contribution in [1.82, 2.24) is 10.0 Å². The van der Waals surface area contributed by atoms with Crippen molar-refractivity contribution in [2.75, 3.05) is 6.54 Å². The monoisotopic (exact) mass is 430 g/mol. The second-order valence-electron chi connectivity index (χ2n) is 7.37. The van der Waals surface area contributed by atoms with E-state index in [1.165, 1.54) is 24.3 Å². The Hall–Kier alpha value is -2.15. The molecule has 12 heteroatoms. The van der Waals surface area contributed by atoms with Crippen LogP contribution >= 0.6 is 0 Å². The molecule has 0 aromatic heterocycles. The zero-order valence-corrected chi connectivity index (χ0v) is 17.4. The van der Waals surface area contributed by atoms with Gasteiger partial charge in [0.25, 0.3) is 0 Å². The molecule has 10 nitrogen and oxygen atoms in total. The van der Waals surface area contributed by atoms with Crippen LogP contribution in [-0.2, 0) is 19.6 Å². The summed E-state index contributed by atoms with van der Waals surface area (Å²) < 4.78 is 31.8. The molecule has 1 aromatic carbocycles. The van der Waals surface area contributed by atoms with Crippen LogP contribution in [0.1, 0.15) is 40.0 Å². The van der Waals surface area contributed by atoms with Gasteiger partial charge in [0.05, 0.1) is 4.90 Å². The molecule has 162 valence electrons. The average Bonchev–Trinajstić information content (AvgIpc) is 2.58. The van der Waals surface area contributed by atoms with Crippen LogP contribution in [0, 0.1) is 0 Å². The molecule has 0 aliphatic rings. The Labute approximate surface area is 170 Å². The van der Waals surface area contributed by atoms with Gasteiger partial charge in [0.2, 0.25) is 10.0 Å². The molecule has 0 heterocycles. The number of unbranched alkanes of at least 4 members (excludes halogenated alkanes) is 1. The molecule has 29 heavy (non-hydrogen) atoms. The van der Waals surface area contributed by atoms with Gasteiger partial charge >= 0.3 is 19.2 Å². The minimum Gasteiger partial charge on any atom is -0.480 e. The fraction of sp³-hybridized carbons (Fsp3) is 0.529. The number of nitrogens with one attached hydrogen (secondary N) is 2. The van der Waals surface area contributed by atoms with E-state index in [2.05, 4.69) is 10.0 Å². The van der Waals surface area contributed by atoms with E-state index in [9.17, 15) is 23.1 Å². The summed E-state index contributed by atoms with van der Waals surface area (Å²) in [6.45, 7) is 5.06. The standard InChI is InChI=1S/C17H27BN2O8S/c1-17(2,3)28-16(23)20-14(15(21)22)6-4-5-11-19-29(26,27)13-9-7-12(8-10-13)18(24)25/h7-10,14,19,24-25H,4-6,11H2,1-3H3,(H,20,23)(H,21,22). The van der Waals surface area contributed by atoms with E-state index in [1.54, 1.807) is 20.8 Å². The van der Waals surface area contributed by atoms with Crippen molar-refractivity contribution in [3.8, 4) is 0 Å². The van der Waals surface area contributed by atoms with Crippen molar-refractivity contribution in [3.05, 3.63) is 24.3 Å². The molecule has 0 saturated carbocycles. The molecular formula is C17H27BN2O8S. The Morgan fingerprint density at radius 3 is 2.21 bits per heavy atom. The molecule has 1 unspecified atom stereocenters. The molecule has 0 aliphatic carbocycles. The van der Waals surface area contributed by atoms with Crippen LogP contribution in [0.3, 0.4) is 0 Å². The number of hydrogen-bond donors (Lipinski definition) is 5. The molecule has 1 amide bonds. The quantitative estimate of drug-likeness (QED) is 0.252. The summed E-state index contributed by atoms with van der Waals surface area (Å²) in [5.74, 6) is -1.21. The number of rotatable bonds is 10. The Morgan fingerprint density at radius 2 is 1.72 bits per heavy atom. The topological polar surface area (TPSA) is 162 Å². The van der Waals surface area contributed by atoms with E-state index in [1.807, 2.05) is 0 Å². The number of benzene rings is 1. The van der Waals surface area contributed by atoms with Crippen LogP contribution in [-0.4, -0.2) is 60.9 Å². The summed E-state index contributed by atoms with van der Waals surface area (Å²) in [6, 6.07) is 3.95. The molecule has 0 bridgehead atoms. The van der Waals surface area contributed by atoms with E-state index < -0.39 is 40.8 Å². The lowest BCUT2D eigenvalue weighted by atomic mass is 9.81. The van der Waals surface area contributed by atoms with Crippen LogP contribution in [0.2, 0.25) is 0 Å². The summed E-state index contributed by atoms with van der Waals surface area (Å²) >= 11 is 0. The lowest BCUT2D eigenvalue weighted by Crippen LogP contribution is -2.43. The van der Waals surface area contributed by atoms with E-state index in [4.69, 9.17) is 14.8 Å². The Morgan fingerprint density at radius 1 is 1.14 bits per heavy atom. The first kappa shape index (κ1) is 24.9. The van der Waals surface area contributed by atoms with Crippen LogP contribution in [0.25, 0.3) is 0 Å². The van der Waals surface area contributed by atoms with Gasteiger partial charge in [0.15, 0.2) is 0 Å². The van der Waals surface area contributed by atoms with Gasteiger partial charge in [-0.2, -0.15) is 0 Å². The molecule has 0 spiro atoms. The van der Waals surface area contributed by atoms with E-state index in [0.717, 1.165) is 0 Å². The Bertz CT molecular complexity index is 791. The number of sulfonamides is 1. The summed E-state index contributed by atoms with van der Waals surface area (Å²) in [5.41, 5.74) is -0.583. The number of carboxylic acid groups (broad SMARTS) is 1. The number of alkyl carbamates (subject to hydrolysis) is 1. The highest BCUT2D eigenvalue weighted by atomic mass is 32.2. The van der Waals surface area contributed by atoms with Crippen molar-refractivity contribution < 1.29 is 37.9 Å². The predicted octanol–water partition coefficient (Wildman–Crippen LogP) is -0.207. The normalized spacial score (nSPS) is 12.9. The van der Waals surface area contributed by atoms with Crippen molar-refractivity contribution in [3.63, 3.8) is 0 Å². The predicted molar refractivity (Wildman–Crippen MR) is 106 cm³/mol. The molecular weight excluding hydrogens is 403 g/mol. The van der Waals surface area contributed by atoms with Crippen molar-refractivity contribution in [2.24, 2.45) is 0 Å². The number of amides is 1. The van der Waals surface area contributed by atoms with E-state index in [0.29, 0.717) is 12.8 Å². The zero-order chi connectivity index (χ0) is 22.2. The lowest BCUT2D eigenvalue weighted by molar-refractivity contribution is -0.139. The van der Waals surface area contributed by atoms with Crippen molar-refractivity contribution in [2.45, 2.75) is 56.6 Å². The number of hydrogen-bond acceptors (Lipinski definition) is 7. The maximum Gasteiger partial charge on any atom is 0.488 e. The second-order valence-corrected chi connectivity index (χ2v) is 9.14. The number of carbonyl (C=O) groups is 2. The van der Waals surface area contributed by atoms with E-state index in [-0.39, 0.29) is 23.3 Å². The number of ether oxygens (including phenoxy) is 1. The fourth-order valence-corrected chi connectivity index (χ4v) is 3.36. The van der Waals surface area contributed by atoms with Crippen LogP contribution in [0.15, 0.2) is 29.2 Å². The third-order valence-corrected chi connectivity index (χ3v) is 5.17.